The highest BCUT2D eigenvalue weighted by atomic mass is 16.5. The molecule has 1 aromatic rings. The molecule has 0 saturated carbocycles. The first kappa shape index (κ1) is 14.0. The number of benzene rings is 1. The highest BCUT2D eigenvalue weighted by Crippen LogP contribution is 2.16. The van der Waals surface area contributed by atoms with E-state index in [4.69, 9.17) is 4.74 Å². The maximum Gasteiger partial charge on any atom is 0.228 e. The van der Waals surface area contributed by atoms with Crippen molar-refractivity contribution in [2.24, 2.45) is 0 Å². The molecular formula is C15H22N2O2. The first-order valence-corrected chi connectivity index (χ1v) is 6.89. The summed E-state index contributed by atoms with van der Waals surface area (Å²) in [4.78, 5) is 14.2. The Kier molecular flexibility index (Phi) is 4.93. The van der Waals surface area contributed by atoms with Crippen molar-refractivity contribution in [2.45, 2.75) is 26.3 Å². The molecule has 1 heterocycles. The molecule has 104 valence electrons. The second-order valence-corrected chi connectivity index (χ2v) is 4.90. The van der Waals surface area contributed by atoms with Gasteiger partial charge in [0.15, 0.2) is 0 Å². The Morgan fingerprint density at radius 3 is 2.74 bits per heavy atom. The summed E-state index contributed by atoms with van der Waals surface area (Å²) in [6.45, 7) is 6.93. The maximum absolute atomic E-state index is 12.4. The standard InChI is InChI=1S/C15H22N2O2/c1-3-17(14-6-4-12(2)5-7-14)15(18)10-13-11-19-9-8-16-13/h4-7,13,16H,3,8-11H2,1-2H3. The molecule has 19 heavy (non-hydrogen) atoms. The van der Waals surface area contributed by atoms with Crippen molar-refractivity contribution < 1.29 is 9.53 Å². The van der Waals surface area contributed by atoms with Gasteiger partial charge in [-0.2, -0.15) is 0 Å². The number of hydrogen-bond donors (Lipinski definition) is 1. The lowest BCUT2D eigenvalue weighted by Crippen LogP contribution is -2.45. The topological polar surface area (TPSA) is 41.6 Å². The fourth-order valence-electron chi connectivity index (χ4n) is 2.30. The van der Waals surface area contributed by atoms with Crippen LogP contribution in [0.3, 0.4) is 0 Å². The Morgan fingerprint density at radius 2 is 2.16 bits per heavy atom. The molecule has 1 saturated heterocycles. The van der Waals surface area contributed by atoms with E-state index >= 15 is 0 Å². The summed E-state index contributed by atoms with van der Waals surface area (Å²) in [5.41, 5.74) is 2.17. The van der Waals surface area contributed by atoms with Crippen molar-refractivity contribution in [2.75, 3.05) is 31.2 Å². The minimum atomic E-state index is 0.140. The first-order chi connectivity index (χ1) is 9.20. The number of rotatable bonds is 4. The molecule has 0 aromatic heterocycles. The van der Waals surface area contributed by atoms with Gasteiger partial charge >= 0.3 is 0 Å². The molecular weight excluding hydrogens is 240 g/mol. The molecule has 2 rings (SSSR count). The summed E-state index contributed by atoms with van der Waals surface area (Å²) in [6.07, 6.45) is 0.488. The van der Waals surface area contributed by atoms with Crippen LogP contribution in [0.25, 0.3) is 0 Å². The zero-order valence-corrected chi connectivity index (χ0v) is 11.7. The highest BCUT2D eigenvalue weighted by molar-refractivity contribution is 5.93. The minimum absolute atomic E-state index is 0.140. The summed E-state index contributed by atoms with van der Waals surface area (Å²) < 4.78 is 5.38. The van der Waals surface area contributed by atoms with Crippen LogP contribution < -0.4 is 10.2 Å². The molecule has 1 atom stereocenters. The lowest BCUT2D eigenvalue weighted by molar-refractivity contribution is -0.119. The number of nitrogens with zero attached hydrogens (tertiary/aromatic N) is 1. The zero-order chi connectivity index (χ0) is 13.7. The third kappa shape index (κ3) is 3.78. The molecule has 1 unspecified atom stereocenters. The molecule has 4 nitrogen and oxygen atoms in total. The molecule has 0 spiro atoms. The molecule has 1 amide bonds. The second kappa shape index (κ2) is 6.68. The second-order valence-electron chi connectivity index (χ2n) is 4.90. The number of carbonyl (C=O) groups excluding carboxylic acids is 1. The van der Waals surface area contributed by atoms with Crippen LogP contribution in [-0.4, -0.2) is 38.3 Å². The largest absolute Gasteiger partial charge is 0.378 e. The number of amides is 1. The molecule has 4 heteroatoms. The smallest absolute Gasteiger partial charge is 0.228 e. The van der Waals surface area contributed by atoms with E-state index < -0.39 is 0 Å². The van der Waals surface area contributed by atoms with Crippen LogP contribution >= 0.6 is 0 Å². The molecule has 0 bridgehead atoms. The summed E-state index contributed by atoms with van der Waals surface area (Å²) in [5, 5.41) is 3.32. The van der Waals surface area contributed by atoms with Crippen molar-refractivity contribution in [1.82, 2.24) is 5.32 Å². The minimum Gasteiger partial charge on any atom is -0.378 e. The maximum atomic E-state index is 12.4. The lowest BCUT2D eigenvalue weighted by atomic mass is 10.1. The Balaban J connectivity index is 2.00. The molecule has 1 N–H and O–H groups in total. The van der Waals surface area contributed by atoms with Crippen LogP contribution in [0, 0.1) is 6.92 Å². The fourth-order valence-corrected chi connectivity index (χ4v) is 2.30. The summed E-state index contributed by atoms with van der Waals surface area (Å²) >= 11 is 0. The van der Waals surface area contributed by atoms with Gasteiger partial charge in [-0.05, 0) is 26.0 Å². The van der Waals surface area contributed by atoms with Gasteiger partial charge in [-0.15, -0.1) is 0 Å². The van der Waals surface area contributed by atoms with Gasteiger partial charge in [0.1, 0.15) is 0 Å². The quantitative estimate of drug-likeness (QED) is 0.898. The van der Waals surface area contributed by atoms with E-state index in [0.717, 1.165) is 18.8 Å². The van der Waals surface area contributed by atoms with Crippen molar-refractivity contribution in [3.63, 3.8) is 0 Å². The molecule has 1 fully saturated rings. The average molecular weight is 262 g/mol. The SMILES string of the molecule is CCN(C(=O)CC1COCCN1)c1ccc(C)cc1. The van der Waals surface area contributed by atoms with Crippen LogP contribution in [0.1, 0.15) is 18.9 Å². The van der Waals surface area contributed by atoms with Gasteiger partial charge in [-0.3, -0.25) is 4.79 Å². The van der Waals surface area contributed by atoms with Crippen LogP contribution in [0.2, 0.25) is 0 Å². The van der Waals surface area contributed by atoms with Gasteiger partial charge in [0.25, 0.3) is 0 Å². The predicted octanol–water partition coefficient (Wildman–Crippen LogP) is 1.73. The van der Waals surface area contributed by atoms with Crippen molar-refractivity contribution in [3.05, 3.63) is 29.8 Å². The van der Waals surface area contributed by atoms with Crippen LogP contribution in [-0.2, 0) is 9.53 Å². The van der Waals surface area contributed by atoms with Gasteiger partial charge in [0, 0.05) is 31.2 Å². The van der Waals surface area contributed by atoms with Gasteiger partial charge in [-0.25, -0.2) is 0 Å². The Morgan fingerprint density at radius 1 is 1.42 bits per heavy atom. The fraction of sp³-hybridized carbons (Fsp3) is 0.533. The number of anilines is 1. The van der Waals surface area contributed by atoms with Gasteiger partial charge in [0.2, 0.25) is 5.91 Å². The first-order valence-electron chi connectivity index (χ1n) is 6.89. The third-order valence-electron chi connectivity index (χ3n) is 3.38. The van der Waals surface area contributed by atoms with E-state index in [1.54, 1.807) is 0 Å². The summed E-state index contributed by atoms with van der Waals surface area (Å²) in [7, 11) is 0. The number of morpholine rings is 1. The van der Waals surface area contributed by atoms with Crippen LogP contribution in [0.15, 0.2) is 24.3 Å². The van der Waals surface area contributed by atoms with Crippen molar-refractivity contribution >= 4 is 11.6 Å². The van der Waals surface area contributed by atoms with E-state index in [1.165, 1.54) is 5.56 Å². The molecule has 0 aliphatic carbocycles. The Labute approximate surface area is 114 Å². The molecule has 1 aliphatic heterocycles. The highest BCUT2D eigenvalue weighted by Gasteiger charge is 2.21. The van der Waals surface area contributed by atoms with E-state index in [9.17, 15) is 4.79 Å². The predicted molar refractivity (Wildman–Crippen MR) is 76.4 cm³/mol. The molecule has 1 aromatic carbocycles. The van der Waals surface area contributed by atoms with Gasteiger partial charge in [0.05, 0.1) is 13.2 Å². The Bertz CT molecular complexity index is 411. The van der Waals surface area contributed by atoms with E-state index in [2.05, 4.69) is 5.32 Å². The van der Waals surface area contributed by atoms with E-state index in [1.807, 2.05) is 43.0 Å². The monoisotopic (exact) mass is 262 g/mol. The number of aryl methyl sites for hydroxylation is 1. The van der Waals surface area contributed by atoms with Gasteiger partial charge < -0.3 is 15.0 Å². The number of nitrogens with one attached hydrogen (secondary N) is 1. The van der Waals surface area contributed by atoms with Crippen molar-refractivity contribution in [3.8, 4) is 0 Å². The lowest BCUT2D eigenvalue weighted by Gasteiger charge is -2.27. The third-order valence-corrected chi connectivity index (χ3v) is 3.38. The average Bonchev–Trinajstić information content (AvgIpc) is 2.43. The van der Waals surface area contributed by atoms with Crippen molar-refractivity contribution in [1.29, 1.82) is 0 Å². The molecule has 0 radical (unpaired) electrons. The van der Waals surface area contributed by atoms with E-state index in [0.29, 0.717) is 19.6 Å². The molecule has 1 aliphatic rings. The van der Waals surface area contributed by atoms with E-state index in [-0.39, 0.29) is 11.9 Å². The number of ether oxygens (including phenoxy) is 1. The van der Waals surface area contributed by atoms with Crippen LogP contribution in [0.5, 0.6) is 0 Å². The number of hydrogen-bond acceptors (Lipinski definition) is 3. The van der Waals surface area contributed by atoms with Gasteiger partial charge in [-0.1, -0.05) is 17.7 Å². The normalized spacial score (nSPS) is 19.2. The Hall–Kier alpha value is -1.39. The summed E-state index contributed by atoms with van der Waals surface area (Å²) in [5.74, 6) is 0.148. The van der Waals surface area contributed by atoms with Crippen LogP contribution in [0.4, 0.5) is 5.69 Å². The number of carbonyl (C=O) groups is 1. The zero-order valence-electron chi connectivity index (χ0n) is 11.7. The summed E-state index contributed by atoms with van der Waals surface area (Å²) in [6, 6.07) is 8.21.